The van der Waals surface area contributed by atoms with Crippen LogP contribution in [0, 0.1) is 10.1 Å². The maximum Gasteiger partial charge on any atom is 0.293 e. The summed E-state index contributed by atoms with van der Waals surface area (Å²) in [6.45, 7) is 0. The first kappa shape index (κ1) is 13.5. The van der Waals surface area contributed by atoms with Gasteiger partial charge in [-0.15, -0.1) is 0 Å². The van der Waals surface area contributed by atoms with Crippen LogP contribution in [0.2, 0.25) is 0 Å². The number of hydrogen-bond donors (Lipinski definition) is 2. The Bertz CT molecular complexity index is 735. The predicted octanol–water partition coefficient (Wildman–Crippen LogP) is 2.58. The molecule has 21 heavy (non-hydrogen) atoms. The summed E-state index contributed by atoms with van der Waals surface area (Å²) in [5.41, 5.74) is 0.457. The van der Waals surface area contributed by atoms with Gasteiger partial charge in [0.2, 0.25) is 0 Å². The van der Waals surface area contributed by atoms with Gasteiger partial charge in [-0.1, -0.05) is 19.3 Å². The van der Waals surface area contributed by atoms with E-state index in [0.717, 1.165) is 25.7 Å². The second-order valence-corrected chi connectivity index (χ2v) is 5.35. The zero-order chi connectivity index (χ0) is 14.8. The Morgan fingerprint density at radius 1 is 1.29 bits per heavy atom. The molecule has 1 fully saturated rings. The Labute approximate surface area is 120 Å². The predicted molar refractivity (Wildman–Crippen MR) is 79.5 cm³/mol. The SMILES string of the molecule is O=c1[nH]cnc2cc(NC3CCCCC3)c([N+](=O)[O-])cc12. The van der Waals surface area contributed by atoms with Crippen molar-refractivity contribution < 1.29 is 4.92 Å². The molecule has 0 saturated heterocycles. The lowest BCUT2D eigenvalue weighted by Gasteiger charge is -2.23. The molecule has 110 valence electrons. The molecule has 2 aromatic rings. The smallest absolute Gasteiger partial charge is 0.293 e. The second-order valence-electron chi connectivity index (χ2n) is 5.35. The fourth-order valence-corrected chi connectivity index (χ4v) is 2.84. The van der Waals surface area contributed by atoms with Gasteiger partial charge in [0, 0.05) is 12.1 Å². The van der Waals surface area contributed by atoms with Crippen LogP contribution in [0.1, 0.15) is 32.1 Å². The summed E-state index contributed by atoms with van der Waals surface area (Å²) in [7, 11) is 0. The van der Waals surface area contributed by atoms with Crippen molar-refractivity contribution in [2.75, 3.05) is 5.32 Å². The van der Waals surface area contributed by atoms with E-state index in [-0.39, 0.29) is 22.7 Å². The first-order chi connectivity index (χ1) is 10.1. The van der Waals surface area contributed by atoms with Crippen LogP contribution in [-0.2, 0) is 0 Å². The van der Waals surface area contributed by atoms with E-state index >= 15 is 0 Å². The minimum absolute atomic E-state index is 0.0772. The molecule has 0 bridgehead atoms. The summed E-state index contributed by atoms with van der Waals surface area (Å²) in [6, 6.07) is 3.14. The number of benzene rings is 1. The van der Waals surface area contributed by atoms with Gasteiger partial charge in [-0.25, -0.2) is 4.98 Å². The lowest BCUT2D eigenvalue weighted by atomic mass is 9.95. The third kappa shape index (κ3) is 2.72. The molecular weight excluding hydrogens is 272 g/mol. The highest BCUT2D eigenvalue weighted by Gasteiger charge is 2.21. The minimum atomic E-state index is -0.461. The summed E-state index contributed by atoms with van der Waals surface area (Å²) >= 11 is 0. The summed E-state index contributed by atoms with van der Waals surface area (Å²) in [4.78, 5) is 29.0. The summed E-state index contributed by atoms with van der Waals surface area (Å²) in [5.74, 6) is 0. The van der Waals surface area contributed by atoms with Gasteiger partial charge in [0.05, 0.1) is 22.2 Å². The van der Waals surface area contributed by atoms with Crippen LogP contribution in [0.4, 0.5) is 11.4 Å². The normalized spacial score (nSPS) is 16.0. The average molecular weight is 288 g/mol. The van der Waals surface area contributed by atoms with E-state index in [2.05, 4.69) is 15.3 Å². The lowest BCUT2D eigenvalue weighted by Crippen LogP contribution is -2.23. The molecule has 2 N–H and O–H groups in total. The van der Waals surface area contributed by atoms with Crippen molar-refractivity contribution in [3.8, 4) is 0 Å². The van der Waals surface area contributed by atoms with Crippen LogP contribution in [-0.4, -0.2) is 20.9 Å². The van der Waals surface area contributed by atoms with E-state index < -0.39 is 4.92 Å². The largest absolute Gasteiger partial charge is 0.377 e. The molecule has 1 saturated carbocycles. The van der Waals surface area contributed by atoms with Crippen molar-refractivity contribution in [2.45, 2.75) is 38.1 Å². The van der Waals surface area contributed by atoms with Crippen molar-refractivity contribution in [1.29, 1.82) is 0 Å². The van der Waals surface area contributed by atoms with Crippen LogP contribution in [0.15, 0.2) is 23.3 Å². The van der Waals surface area contributed by atoms with E-state index in [9.17, 15) is 14.9 Å². The minimum Gasteiger partial charge on any atom is -0.377 e. The molecule has 0 spiro atoms. The van der Waals surface area contributed by atoms with Crippen molar-refractivity contribution in [3.63, 3.8) is 0 Å². The maximum absolute atomic E-state index is 11.7. The monoisotopic (exact) mass is 288 g/mol. The van der Waals surface area contributed by atoms with Crippen molar-refractivity contribution >= 4 is 22.3 Å². The van der Waals surface area contributed by atoms with Gasteiger partial charge in [-0.05, 0) is 18.9 Å². The molecule has 0 amide bonds. The molecule has 0 aliphatic heterocycles. The molecular formula is C14H16N4O3. The Balaban J connectivity index is 2.05. The Morgan fingerprint density at radius 3 is 2.76 bits per heavy atom. The Kier molecular flexibility index (Phi) is 3.55. The number of H-pyrrole nitrogens is 1. The molecule has 7 nitrogen and oxygen atoms in total. The number of aromatic nitrogens is 2. The quantitative estimate of drug-likeness (QED) is 0.667. The average Bonchev–Trinajstić information content (AvgIpc) is 2.48. The van der Waals surface area contributed by atoms with Gasteiger partial charge in [0.25, 0.3) is 11.2 Å². The topological polar surface area (TPSA) is 101 Å². The number of nitrogens with zero attached hydrogens (tertiary/aromatic N) is 2. The molecule has 1 heterocycles. The van der Waals surface area contributed by atoms with Crippen molar-refractivity contribution in [2.24, 2.45) is 0 Å². The zero-order valence-corrected chi connectivity index (χ0v) is 11.5. The van der Waals surface area contributed by atoms with Gasteiger partial charge < -0.3 is 10.3 Å². The van der Waals surface area contributed by atoms with Crippen LogP contribution >= 0.6 is 0 Å². The van der Waals surface area contributed by atoms with Crippen molar-refractivity contribution in [3.05, 3.63) is 38.9 Å². The van der Waals surface area contributed by atoms with Crippen LogP contribution in [0.5, 0.6) is 0 Å². The van der Waals surface area contributed by atoms with E-state index in [1.54, 1.807) is 6.07 Å². The van der Waals surface area contributed by atoms with Gasteiger partial charge in [-0.2, -0.15) is 0 Å². The van der Waals surface area contributed by atoms with E-state index in [0.29, 0.717) is 11.2 Å². The van der Waals surface area contributed by atoms with Gasteiger partial charge in [0.15, 0.2) is 0 Å². The van der Waals surface area contributed by atoms with Crippen molar-refractivity contribution in [1.82, 2.24) is 9.97 Å². The molecule has 1 aliphatic rings. The molecule has 0 atom stereocenters. The number of aromatic amines is 1. The third-order valence-electron chi connectivity index (χ3n) is 3.92. The van der Waals surface area contributed by atoms with Gasteiger partial charge in [-0.3, -0.25) is 14.9 Å². The maximum atomic E-state index is 11.7. The second kappa shape index (κ2) is 5.51. The first-order valence-corrected chi connectivity index (χ1v) is 7.07. The number of anilines is 1. The van der Waals surface area contributed by atoms with Crippen LogP contribution < -0.4 is 10.9 Å². The van der Waals surface area contributed by atoms with Gasteiger partial charge in [0.1, 0.15) is 5.69 Å². The lowest BCUT2D eigenvalue weighted by molar-refractivity contribution is -0.383. The summed E-state index contributed by atoms with van der Waals surface area (Å²) in [6.07, 6.45) is 6.82. The fraction of sp³-hybridized carbons (Fsp3) is 0.429. The zero-order valence-electron chi connectivity index (χ0n) is 11.5. The van der Waals surface area contributed by atoms with E-state index in [4.69, 9.17) is 0 Å². The Morgan fingerprint density at radius 2 is 2.05 bits per heavy atom. The molecule has 3 rings (SSSR count). The highest BCUT2D eigenvalue weighted by Crippen LogP contribution is 2.30. The summed E-state index contributed by atoms with van der Waals surface area (Å²) < 4.78 is 0. The number of hydrogen-bond acceptors (Lipinski definition) is 5. The number of fused-ring (bicyclic) bond motifs is 1. The molecule has 0 radical (unpaired) electrons. The van der Waals surface area contributed by atoms with E-state index in [1.165, 1.54) is 18.8 Å². The third-order valence-corrected chi connectivity index (χ3v) is 3.92. The fourth-order valence-electron chi connectivity index (χ4n) is 2.84. The number of nitrogens with one attached hydrogen (secondary N) is 2. The number of nitro benzene ring substituents is 1. The highest BCUT2D eigenvalue weighted by molar-refractivity contribution is 5.86. The molecule has 7 heteroatoms. The standard InChI is InChI=1S/C14H16N4O3/c19-14-10-6-13(18(20)21)12(7-11(10)15-8-16-14)17-9-4-2-1-3-5-9/h6-9,17H,1-5H2,(H,15,16,19). The summed E-state index contributed by atoms with van der Waals surface area (Å²) in [5, 5.41) is 14.7. The molecule has 0 unspecified atom stereocenters. The molecule has 1 aliphatic carbocycles. The number of rotatable bonds is 3. The van der Waals surface area contributed by atoms with Gasteiger partial charge >= 0.3 is 0 Å². The highest BCUT2D eigenvalue weighted by atomic mass is 16.6. The molecule has 1 aromatic carbocycles. The Hall–Kier alpha value is -2.44. The van der Waals surface area contributed by atoms with Crippen LogP contribution in [0.3, 0.4) is 0 Å². The van der Waals surface area contributed by atoms with Crippen LogP contribution in [0.25, 0.3) is 10.9 Å². The number of nitro groups is 1. The first-order valence-electron chi connectivity index (χ1n) is 7.07. The van der Waals surface area contributed by atoms with E-state index in [1.807, 2.05) is 0 Å². The molecule has 1 aromatic heterocycles.